The van der Waals surface area contributed by atoms with Gasteiger partial charge in [0.2, 0.25) is 5.91 Å². The molecule has 5 heteroatoms. The van der Waals surface area contributed by atoms with Gasteiger partial charge in [-0.2, -0.15) is 0 Å². The zero-order chi connectivity index (χ0) is 9.84. The van der Waals surface area contributed by atoms with Crippen LogP contribution in [0.15, 0.2) is 18.5 Å². The molecule has 1 aromatic heterocycles. The molecule has 70 valence electrons. The quantitative estimate of drug-likeness (QED) is 0.748. The van der Waals surface area contributed by atoms with E-state index in [0.29, 0.717) is 10.7 Å². The lowest BCUT2D eigenvalue weighted by molar-refractivity contribution is -0.117. The van der Waals surface area contributed by atoms with Crippen LogP contribution in [0.3, 0.4) is 0 Å². The van der Waals surface area contributed by atoms with Crippen LogP contribution in [0.1, 0.15) is 6.92 Å². The fourth-order valence-electron chi connectivity index (χ4n) is 0.716. The van der Waals surface area contributed by atoms with Crippen molar-refractivity contribution in [3.8, 4) is 0 Å². The normalized spacial score (nSPS) is 12.2. The van der Waals surface area contributed by atoms with E-state index in [1.807, 2.05) is 0 Å². The average molecular weight is 200 g/mol. The van der Waals surface area contributed by atoms with Crippen molar-refractivity contribution >= 4 is 23.2 Å². The predicted octanol–water partition coefficient (Wildman–Crippen LogP) is 1.02. The lowest BCUT2D eigenvalue weighted by Gasteiger charge is -2.07. The summed E-state index contributed by atoms with van der Waals surface area (Å²) in [5.41, 5.74) is 5.84. The second-order valence-electron chi connectivity index (χ2n) is 2.63. The van der Waals surface area contributed by atoms with Crippen LogP contribution < -0.4 is 11.1 Å². The highest BCUT2D eigenvalue weighted by molar-refractivity contribution is 6.33. The van der Waals surface area contributed by atoms with Crippen molar-refractivity contribution in [1.29, 1.82) is 0 Å². The Morgan fingerprint density at radius 3 is 3.00 bits per heavy atom. The Labute approximate surface area is 81.1 Å². The molecule has 1 unspecified atom stereocenters. The number of halogens is 1. The third kappa shape index (κ3) is 2.68. The summed E-state index contributed by atoms with van der Waals surface area (Å²) in [6.45, 7) is 1.60. The van der Waals surface area contributed by atoms with E-state index in [1.54, 1.807) is 19.2 Å². The number of aromatic nitrogens is 1. The van der Waals surface area contributed by atoms with Gasteiger partial charge in [-0.15, -0.1) is 0 Å². The summed E-state index contributed by atoms with van der Waals surface area (Å²) in [5.74, 6) is -0.282. The van der Waals surface area contributed by atoms with Gasteiger partial charge in [-0.05, 0) is 13.0 Å². The standard InChI is InChI=1S/C8H10ClN3O/c1-5(10)8(13)12-7-4-11-3-2-6(7)9/h2-5H,10H2,1H3,(H,12,13). The molecule has 0 aliphatic carbocycles. The molecule has 1 atom stereocenters. The summed E-state index contributed by atoms with van der Waals surface area (Å²) in [6.07, 6.45) is 3.02. The summed E-state index contributed by atoms with van der Waals surface area (Å²) in [5, 5.41) is 3.00. The lowest BCUT2D eigenvalue weighted by Crippen LogP contribution is -2.32. The number of carbonyl (C=O) groups excluding carboxylic acids is 1. The molecule has 0 bridgehead atoms. The van der Waals surface area contributed by atoms with Gasteiger partial charge in [0.05, 0.1) is 22.9 Å². The summed E-state index contributed by atoms with van der Waals surface area (Å²) < 4.78 is 0. The first-order chi connectivity index (χ1) is 6.11. The minimum absolute atomic E-state index is 0.282. The number of amides is 1. The van der Waals surface area contributed by atoms with Crippen LogP contribution in [0.2, 0.25) is 5.02 Å². The summed E-state index contributed by atoms with van der Waals surface area (Å²) in [7, 11) is 0. The van der Waals surface area contributed by atoms with Crippen LogP contribution in [0.5, 0.6) is 0 Å². The van der Waals surface area contributed by atoms with E-state index >= 15 is 0 Å². The van der Waals surface area contributed by atoms with Crippen LogP contribution >= 0.6 is 11.6 Å². The van der Waals surface area contributed by atoms with Gasteiger partial charge >= 0.3 is 0 Å². The Bertz CT molecular complexity index is 314. The molecule has 1 rings (SSSR count). The zero-order valence-electron chi connectivity index (χ0n) is 7.12. The molecule has 4 nitrogen and oxygen atoms in total. The van der Waals surface area contributed by atoms with Gasteiger partial charge in [0.15, 0.2) is 0 Å². The molecular formula is C8H10ClN3O. The number of nitrogens with one attached hydrogen (secondary N) is 1. The van der Waals surface area contributed by atoms with E-state index in [4.69, 9.17) is 17.3 Å². The van der Waals surface area contributed by atoms with Gasteiger partial charge in [-0.25, -0.2) is 0 Å². The maximum atomic E-state index is 11.1. The van der Waals surface area contributed by atoms with E-state index in [-0.39, 0.29) is 5.91 Å². The van der Waals surface area contributed by atoms with Crippen molar-refractivity contribution < 1.29 is 4.79 Å². The highest BCUT2D eigenvalue weighted by Gasteiger charge is 2.08. The van der Waals surface area contributed by atoms with Gasteiger partial charge in [0.1, 0.15) is 0 Å². The second kappa shape index (κ2) is 4.20. The van der Waals surface area contributed by atoms with E-state index < -0.39 is 6.04 Å². The fraction of sp³-hybridized carbons (Fsp3) is 0.250. The van der Waals surface area contributed by atoms with Crippen LogP contribution in [0, 0.1) is 0 Å². The molecule has 0 fully saturated rings. The highest BCUT2D eigenvalue weighted by Crippen LogP contribution is 2.18. The maximum absolute atomic E-state index is 11.1. The Morgan fingerprint density at radius 1 is 1.77 bits per heavy atom. The smallest absolute Gasteiger partial charge is 0.241 e. The van der Waals surface area contributed by atoms with E-state index in [0.717, 1.165) is 0 Å². The van der Waals surface area contributed by atoms with Gasteiger partial charge in [-0.1, -0.05) is 11.6 Å². The molecule has 1 amide bonds. The number of rotatable bonds is 2. The number of hydrogen-bond donors (Lipinski definition) is 2. The van der Waals surface area contributed by atoms with Crippen molar-refractivity contribution in [2.75, 3.05) is 5.32 Å². The molecule has 0 radical (unpaired) electrons. The SMILES string of the molecule is CC(N)C(=O)Nc1cnccc1Cl. The molecule has 0 aliphatic rings. The first kappa shape index (κ1) is 9.95. The predicted molar refractivity (Wildman–Crippen MR) is 51.5 cm³/mol. The Hall–Kier alpha value is -1.13. The largest absolute Gasteiger partial charge is 0.322 e. The molecule has 13 heavy (non-hydrogen) atoms. The number of hydrogen-bond acceptors (Lipinski definition) is 3. The molecule has 1 heterocycles. The van der Waals surface area contributed by atoms with Crippen molar-refractivity contribution in [1.82, 2.24) is 4.98 Å². The Balaban J connectivity index is 2.75. The van der Waals surface area contributed by atoms with Gasteiger partial charge < -0.3 is 11.1 Å². The number of nitrogens with two attached hydrogens (primary N) is 1. The van der Waals surface area contributed by atoms with E-state index in [9.17, 15) is 4.79 Å². The van der Waals surface area contributed by atoms with E-state index in [1.165, 1.54) is 6.20 Å². The molecule has 0 spiro atoms. The Kier molecular flexibility index (Phi) is 3.22. The highest BCUT2D eigenvalue weighted by atomic mass is 35.5. The van der Waals surface area contributed by atoms with Gasteiger partial charge in [-0.3, -0.25) is 9.78 Å². The van der Waals surface area contributed by atoms with Gasteiger partial charge in [0.25, 0.3) is 0 Å². The lowest BCUT2D eigenvalue weighted by atomic mass is 10.3. The molecule has 0 aliphatic heterocycles. The molecule has 3 N–H and O–H groups in total. The zero-order valence-corrected chi connectivity index (χ0v) is 7.88. The van der Waals surface area contributed by atoms with Crippen molar-refractivity contribution in [2.45, 2.75) is 13.0 Å². The molecule has 0 saturated carbocycles. The second-order valence-corrected chi connectivity index (χ2v) is 3.04. The molecule has 0 saturated heterocycles. The summed E-state index contributed by atoms with van der Waals surface area (Å²) in [4.78, 5) is 15.0. The van der Waals surface area contributed by atoms with Crippen molar-refractivity contribution in [2.24, 2.45) is 5.73 Å². The van der Waals surface area contributed by atoms with Crippen LogP contribution in [0.4, 0.5) is 5.69 Å². The molecular weight excluding hydrogens is 190 g/mol. The van der Waals surface area contributed by atoms with Gasteiger partial charge in [0, 0.05) is 6.20 Å². The minimum Gasteiger partial charge on any atom is -0.322 e. The van der Waals surface area contributed by atoms with Crippen LogP contribution in [-0.2, 0) is 4.79 Å². The first-order valence-electron chi connectivity index (χ1n) is 3.77. The van der Waals surface area contributed by atoms with Crippen LogP contribution in [-0.4, -0.2) is 16.9 Å². The Morgan fingerprint density at radius 2 is 2.46 bits per heavy atom. The van der Waals surface area contributed by atoms with Crippen molar-refractivity contribution in [3.63, 3.8) is 0 Å². The summed E-state index contributed by atoms with van der Waals surface area (Å²) in [6, 6.07) is 1.04. The topological polar surface area (TPSA) is 68.0 Å². The monoisotopic (exact) mass is 199 g/mol. The molecule has 0 aromatic carbocycles. The number of nitrogens with zero attached hydrogens (tertiary/aromatic N) is 1. The first-order valence-corrected chi connectivity index (χ1v) is 4.15. The van der Waals surface area contributed by atoms with E-state index in [2.05, 4.69) is 10.3 Å². The average Bonchev–Trinajstić information content (AvgIpc) is 2.08. The number of anilines is 1. The molecule has 1 aromatic rings. The summed E-state index contributed by atoms with van der Waals surface area (Å²) >= 11 is 5.78. The number of carbonyl (C=O) groups is 1. The third-order valence-electron chi connectivity index (χ3n) is 1.44. The third-order valence-corrected chi connectivity index (χ3v) is 1.77. The van der Waals surface area contributed by atoms with Crippen molar-refractivity contribution in [3.05, 3.63) is 23.5 Å². The number of pyridine rings is 1. The maximum Gasteiger partial charge on any atom is 0.241 e. The minimum atomic E-state index is -0.559. The van der Waals surface area contributed by atoms with Crippen LogP contribution in [0.25, 0.3) is 0 Å². The fourth-order valence-corrected chi connectivity index (χ4v) is 0.868.